The molecular weight excluding hydrogens is 587 g/mol. The second-order valence-electron chi connectivity index (χ2n) is 10.4. The van der Waals surface area contributed by atoms with E-state index in [1.807, 2.05) is 12.1 Å². The van der Waals surface area contributed by atoms with Gasteiger partial charge in [0, 0.05) is 11.3 Å². The summed E-state index contributed by atoms with van der Waals surface area (Å²) in [5, 5.41) is 22.3. The first kappa shape index (κ1) is 31.8. The molecular formula is C31H31ClF3N3O5. The highest BCUT2D eigenvalue weighted by molar-refractivity contribution is 6.34. The Bertz CT molecular complexity index is 1440. The molecule has 0 spiro atoms. The molecule has 1 aliphatic carbocycles. The molecule has 1 aliphatic rings. The van der Waals surface area contributed by atoms with E-state index < -0.39 is 47.3 Å². The van der Waals surface area contributed by atoms with Gasteiger partial charge in [-0.05, 0) is 66.3 Å². The highest BCUT2D eigenvalue weighted by Gasteiger charge is 2.34. The van der Waals surface area contributed by atoms with Gasteiger partial charge < -0.3 is 20.8 Å². The van der Waals surface area contributed by atoms with Crippen molar-refractivity contribution < 1.29 is 37.8 Å². The molecule has 4 N–H and O–H groups in total. The maximum atomic E-state index is 13.5. The molecule has 3 aromatic rings. The Balaban J connectivity index is 1.57. The highest BCUT2D eigenvalue weighted by atomic mass is 35.5. The molecule has 0 bridgehead atoms. The molecule has 4 rings (SSSR count). The minimum absolute atomic E-state index is 0.00478. The van der Waals surface area contributed by atoms with Crippen LogP contribution in [-0.4, -0.2) is 40.8 Å². The number of alkyl halides is 3. The molecule has 0 saturated heterocycles. The van der Waals surface area contributed by atoms with Crippen LogP contribution in [0.2, 0.25) is 5.02 Å². The second kappa shape index (κ2) is 13.9. The topological polar surface area (TPSA) is 119 Å². The third-order valence-electron chi connectivity index (χ3n) is 7.37. The van der Waals surface area contributed by atoms with E-state index >= 15 is 0 Å². The Morgan fingerprint density at radius 3 is 2.21 bits per heavy atom. The minimum atomic E-state index is -4.70. The molecule has 43 heavy (non-hydrogen) atoms. The van der Waals surface area contributed by atoms with Crippen molar-refractivity contribution in [3.8, 4) is 0 Å². The Kier molecular flexibility index (Phi) is 10.3. The summed E-state index contributed by atoms with van der Waals surface area (Å²) in [6.45, 7) is -0.469. The summed E-state index contributed by atoms with van der Waals surface area (Å²) in [6.07, 6.45) is -0.734. The second-order valence-corrected chi connectivity index (χ2v) is 10.7. The lowest BCUT2D eigenvalue weighted by atomic mass is 9.84. The number of urea groups is 1. The summed E-state index contributed by atoms with van der Waals surface area (Å²) in [7, 11) is 0. The first-order valence-electron chi connectivity index (χ1n) is 13.8. The molecule has 12 heteroatoms. The van der Waals surface area contributed by atoms with E-state index in [1.165, 1.54) is 29.5 Å². The van der Waals surface area contributed by atoms with Crippen LogP contribution in [0.5, 0.6) is 0 Å². The average Bonchev–Trinajstić information content (AvgIpc) is 2.99. The molecule has 1 atom stereocenters. The standard InChI is InChI=1S/C31H31ClF3N3O5/c32-27-24(31(33,34)35)7-4-8-25(27)37-30(43)38(23-15-13-21(14-16-23)20-5-2-1-3-6-20)18-19-9-11-22(12-10-19)28(40)36-17-26(39)29(41)42/h4,7-16,20,26,39H,1-3,5-6,17-18H2,(H,36,40)(H,37,43)(H,41,42). The van der Waals surface area contributed by atoms with Gasteiger partial charge in [0.1, 0.15) is 0 Å². The van der Waals surface area contributed by atoms with Crippen LogP contribution in [-0.2, 0) is 17.5 Å². The number of aliphatic hydroxyl groups excluding tert-OH is 1. The fourth-order valence-electron chi connectivity index (χ4n) is 5.00. The number of carboxylic acid groups (broad SMARTS) is 1. The largest absolute Gasteiger partial charge is 0.479 e. The summed E-state index contributed by atoms with van der Waals surface area (Å²) in [5.41, 5.74) is 1.20. The van der Waals surface area contributed by atoms with Crippen LogP contribution in [0.4, 0.5) is 29.3 Å². The molecule has 0 radical (unpaired) electrons. The Morgan fingerprint density at radius 1 is 0.953 bits per heavy atom. The summed E-state index contributed by atoms with van der Waals surface area (Å²) < 4.78 is 40.2. The number of nitrogens with one attached hydrogen (secondary N) is 2. The van der Waals surface area contributed by atoms with Gasteiger partial charge >= 0.3 is 18.2 Å². The van der Waals surface area contributed by atoms with Crippen LogP contribution < -0.4 is 15.5 Å². The Labute approximate surface area is 251 Å². The van der Waals surface area contributed by atoms with Gasteiger partial charge in [-0.15, -0.1) is 0 Å². The van der Waals surface area contributed by atoms with Gasteiger partial charge in [-0.2, -0.15) is 13.2 Å². The molecule has 228 valence electrons. The maximum absolute atomic E-state index is 13.5. The number of carbonyl (C=O) groups excluding carboxylic acids is 2. The number of carbonyl (C=O) groups is 3. The lowest BCUT2D eigenvalue weighted by Gasteiger charge is -2.26. The van der Waals surface area contributed by atoms with Crippen molar-refractivity contribution in [1.29, 1.82) is 0 Å². The number of rotatable bonds is 9. The number of hydrogen-bond acceptors (Lipinski definition) is 4. The molecule has 3 aromatic carbocycles. The zero-order valence-electron chi connectivity index (χ0n) is 23.0. The molecule has 0 aromatic heterocycles. The first-order valence-corrected chi connectivity index (χ1v) is 14.1. The van der Waals surface area contributed by atoms with E-state index in [2.05, 4.69) is 10.6 Å². The van der Waals surface area contributed by atoms with Gasteiger partial charge in [0.2, 0.25) is 0 Å². The summed E-state index contributed by atoms with van der Waals surface area (Å²) >= 11 is 6.03. The molecule has 1 fully saturated rings. The number of benzene rings is 3. The number of amides is 3. The van der Waals surface area contributed by atoms with Gasteiger partial charge in [0.15, 0.2) is 6.10 Å². The molecule has 0 aliphatic heterocycles. The quantitative estimate of drug-likeness (QED) is 0.210. The number of anilines is 2. The maximum Gasteiger partial charge on any atom is 0.417 e. The summed E-state index contributed by atoms with van der Waals surface area (Å²) in [6, 6.07) is 16.2. The van der Waals surface area contributed by atoms with E-state index in [0.29, 0.717) is 17.2 Å². The number of nitrogens with zero attached hydrogens (tertiary/aromatic N) is 1. The first-order chi connectivity index (χ1) is 20.4. The van der Waals surface area contributed by atoms with E-state index in [1.54, 1.807) is 24.3 Å². The van der Waals surface area contributed by atoms with E-state index in [9.17, 15) is 32.7 Å². The van der Waals surface area contributed by atoms with Crippen LogP contribution >= 0.6 is 11.6 Å². The van der Waals surface area contributed by atoms with E-state index in [4.69, 9.17) is 16.7 Å². The monoisotopic (exact) mass is 617 g/mol. The van der Waals surface area contributed by atoms with Gasteiger partial charge in [0.05, 0.1) is 29.4 Å². The van der Waals surface area contributed by atoms with Crippen LogP contribution in [0.25, 0.3) is 0 Å². The van der Waals surface area contributed by atoms with E-state index in [0.717, 1.165) is 43.4 Å². The lowest BCUT2D eigenvalue weighted by Crippen LogP contribution is -2.36. The SMILES string of the molecule is O=C(NCC(O)C(=O)O)c1ccc(CN(C(=O)Nc2cccc(C(F)(F)F)c2Cl)c2ccc(C3CCCCC3)cc2)cc1. The van der Waals surface area contributed by atoms with Crippen molar-refractivity contribution in [2.45, 2.75) is 56.8 Å². The van der Waals surface area contributed by atoms with Crippen molar-refractivity contribution in [2.75, 3.05) is 16.8 Å². The van der Waals surface area contributed by atoms with Crippen molar-refractivity contribution in [3.63, 3.8) is 0 Å². The van der Waals surface area contributed by atoms with Gasteiger partial charge in [-0.25, -0.2) is 9.59 Å². The number of halogens is 4. The number of hydrogen-bond donors (Lipinski definition) is 4. The van der Waals surface area contributed by atoms with Crippen molar-refractivity contribution >= 4 is 40.9 Å². The smallest absolute Gasteiger partial charge is 0.417 e. The van der Waals surface area contributed by atoms with Crippen molar-refractivity contribution in [1.82, 2.24) is 5.32 Å². The van der Waals surface area contributed by atoms with Gasteiger partial charge in [-0.1, -0.05) is 61.2 Å². The highest BCUT2D eigenvalue weighted by Crippen LogP contribution is 2.38. The summed E-state index contributed by atoms with van der Waals surface area (Å²) in [4.78, 5) is 38.0. The van der Waals surface area contributed by atoms with Crippen molar-refractivity contribution in [3.05, 3.63) is 94.0 Å². The average molecular weight is 618 g/mol. The Hall–Kier alpha value is -4.09. The minimum Gasteiger partial charge on any atom is -0.479 e. The van der Waals surface area contributed by atoms with Crippen molar-refractivity contribution in [2.24, 2.45) is 0 Å². The third kappa shape index (κ3) is 8.26. The number of carboxylic acids is 1. The molecule has 0 heterocycles. The predicted octanol–water partition coefficient (Wildman–Crippen LogP) is 6.82. The predicted molar refractivity (Wildman–Crippen MR) is 156 cm³/mol. The Morgan fingerprint density at radius 2 is 1.60 bits per heavy atom. The summed E-state index contributed by atoms with van der Waals surface area (Å²) in [5.74, 6) is -1.63. The molecule has 1 unspecified atom stereocenters. The van der Waals surface area contributed by atoms with Gasteiger partial charge in [0.25, 0.3) is 5.91 Å². The van der Waals surface area contributed by atoms with Crippen LogP contribution in [0.3, 0.4) is 0 Å². The van der Waals surface area contributed by atoms with Crippen LogP contribution in [0, 0.1) is 0 Å². The van der Waals surface area contributed by atoms with Crippen LogP contribution in [0.15, 0.2) is 66.7 Å². The van der Waals surface area contributed by atoms with Crippen LogP contribution in [0.1, 0.15) is 65.1 Å². The molecule has 3 amide bonds. The molecule has 1 saturated carbocycles. The fraction of sp³-hybridized carbons (Fsp3) is 0.323. The third-order valence-corrected chi connectivity index (χ3v) is 7.78. The zero-order valence-corrected chi connectivity index (χ0v) is 23.8. The fourth-order valence-corrected chi connectivity index (χ4v) is 5.28. The lowest BCUT2D eigenvalue weighted by molar-refractivity contribution is -0.146. The van der Waals surface area contributed by atoms with Gasteiger partial charge in [-0.3, -0.25) is 9.69 Å². The number of aliphatic hydroxyl groups is 1. The zero-order chi connectivity index (χ0) is 31.1. The normalized spacial score (nSPS) is 14.5. The number of aliphatic carboxylic acids is 1. The molecule has 8 nitrogen and oxygen atoms in total. The van der Waals surface area contributed by atoms with E-state index in [-0.39, 0.29) is 17.8 Å².